The highest BCUT2D eigenvalue weighted by atomic mass is 16.5. The first-order valence-electron chi connectivity index (χ1n) is 10.2. The van der Waals surface area contributed by atoms with Gasteiger partial charge in [0.1, 0.15) is 5.75 Å². The molecule has 2 aliphatic rings. The number of hydrogen-bond donors (Lipinski definition) is 2. The number of ether oxygens (including phenoxy) is 1. The lowest BCUT2D eigenvalue weighted by molar-refractivity contribution is -0.128. The van der Waals surface area contributed by atoms with E-state index in [1.807, 2.05) is 36.4 Å². The summed E-state index contributed by atoms with van der Waals surface area (Å²) in [6.45, 7) is 3.01. The second-order valence-electron chi connectivity index (χ2n) is 7.81. The van der Waals surface area contributed by atoms with Gasteiger partial charge in [0.15, 0.2) is 6.10 Å². The third-order valence-electron chi connectivity index (χ3n) is 5.73. The van der Waals surface area contributed by atoms with Crippen molar-refractivity contribution in [1.29, 1.82) is 0 Å². The minimum absolute atomic E-state index is 0.0445. The fourth-order valence-corrected chi connectivity index (χ4v) is 4.15. The van der Waals surface area contributed by atoms with Crippen LogP contribution in [-0.4, -0.2) is 54.3 Å². The molecule has 1 unspecified atom stereocenters. The molecule has 2 aromatic carbocycles. The molecule has 2 aliphatic heterocycles. The van der Waals surface area contributed by atoms with Gasteiger partial charge in [0.05, 0.1) is 6.10 Å². The van der Waals surface area contributed by atoms with Gasteiger partial charge < -0.3 is 15.2 Å². The highest BCUT2D eigenvalue weighted by Gasteiger charge is 2.28. The van der Waals surface area contributed by atoms with Crippen molar-refractivity contribution in [1.82, 2.24) is 10.2 Å². The summed E-state index contributed by atoms with van der Waals surface area (Å²) in [4.78, 5) is 15.0. The second-order valence-corrected chi connectivity index (χ2v) is 7.81. The van der Waals surface area contributed by atoms with Crippen LogP contribution in [0.5, 0.6) is 5.75 Å². The molecule has 0 bridgehead atoms. The Morgan fingerprint density at radius 1 is 1.14 bits per heavy atom. The van der Waals surface area contributed by atoms with E-state index in [4.69, 9.17) is 4.74 Å². The summed E-state index contributed by atoms with van der Waals surface area (Å²) in [6, 6.07) is 18.2. The molecule has 5 nitrogen and oxygen atoms in total. The number of likely N-dealkylation sites (tertiary alicyclic amines) is 1. The van der Waals surface area contributed by atoms with E-state index in [2.05, 4.69) is 28.4 Å². The van der Waals surface area contributed by atoms with Crippen molar-refractivity contribution >= 4 is 5.91 Å². The minimum atomic E-state index is -0.431. The van der Waals surface area contributed by atoms with E-state index >= 15 is 0 Å². The molecule has 1 fully saturated rings. The first-order chi connectivity index (χ1) is 13.7. The van der Waals surface area contributed by atoms with Crippen molar-refractivity contribution in [2.24, 2.45) is 0 Å². The summed E-state index contributed by atoms with van der Waals surface area (Å²) in [5.41, 5.74) is 2.38. The fourth-order valence-electron chi connectivity index (χ4n) is 4.15. The lowest BCUT2D eigenvalue weighted by Gasteiger charge is -2.27. The van der Waals surface area contributed by atoms with Crippen molar-refractivity contribution < 1.29 is 14.6 Å². The topological polar surface area (TPSA) is 61.8 Å². The molecule has 0 aromatic heterocycles. The number of aryl methyl sites for hydroxylation is 1. The van der Waals surface area contributed by atoms with Gasteiger partial charge in [-0.15, -0.1) is 0 Å². The lowest BCUT2D eigenvalue weighted by atomic mass is 9.97. The van der Waals surface area contributed by atoms with Crippen LogP contribution in [-0.2, 0) is 11.2 Å². The maximum Gasteiger partial charge on any atom is 0.261 e. The monoisotopic (exact) mass is 380 g/mol. The Bertz CT molecular complexity index is 795. The van der Waals surface area contributed by atoms with Crippen LogP contribution in [0.4, 0.5) is 0 Å². The number of rotatable bonds is 6. The van der Waals surface area contributed by atoms with Crippen LogP contribution in [0.25, 0.3) is 0 Å². The van der Waals surface area contributed by atoms with Crippen LogP contribution >= 0.6 is 0 Å². The third-order valence-corrected chi connectivity index (χ3v) is 5.73. The first kappa shape index (κ1) is 19.0. The summed E-state index contributed by atoms with van der Waals surface area (Å²) < 4.78 is 5.92. The van der Waals surface area contributed by atoms with Crippen molar-refractivity contribution in [2.75, 3.05) is 26.2 Å². The van der Waals surface area contributed by atoms with Gasteiger partial charge in [0.25, 0.3) is 5.91 Å². The molecule has 148 valence electrons. The number of nitrogens with one attached hydrogen (secondary N) is 1. The predicted octanol–water partition coefficient (Wildman–Crippen LogP) is 2.35. The summed E-state index contributed by atoms with van der Waals surface area (Å²) in [5, 5.41) is 12.9. The van der Waals surface area contributed by atoms with E-state index in [1.54, 1.807) is 0 Å². The molecular formula is C23H28N2O3. The van der Waals surface area contributed by atoms with Gasteiger partial charge in [-0.3, -0.25) is 9.69 Å². The highest BCUT2D eigenvalue weighted by Crippen LogP contribution is 2.27. The van der Waals surface area contributed by atoms with Crippen LogP contribution in [0, 0.1) is 0 Å². The molecule has 0 spiro atoms. The number of hydrogen-bond acceptors (Lipinski definition) is 4. The van der Waals surface area contributed by atoms with E-state index in [9.17, 15) is 9.90 Å². The number of nitrogens with zero attached hydrogens (tertiary/aromatic N) is 1. The quantitative estimate of drug-likeness (QED) is 0.808. The predicted molar refractivity (Wildman–Crippen MR) is 108 cm³/mol. The Hall–Kier alpha value is -2.37. The van der Waals surface area contributed by atoms with Gasteiger partial charge in [0.2, 0.25) is 0 Å². The molecule has 2 aromatic rings. The molecule has 1 saturated heterocycles. The Kier molecular flexibility index (Phi) is 5.93. The van der Waals surface area contributed by atoms with E-state index < -0.39 is 6.10 Å². The van der Waals surface area contributed by atoms with Gasteiger partial charge in [-0.25, -0.2) is 0 Å². The maximum atomic E-state index is 12.7. The molecule has 0 aliphatic carbocycles. The van der Waals surface area contributed by atoms with Gasteiger partial charge in [-0.1, -0.05) is 48.5 Å². The molecule has 0 saturated carbocycles. The average molecular weight is 380 g/mol. The van der Waals surface area contributed by atoms with Crippen molar-refractivity contribution in [3.63, 3.8) is 0 Å². The van der Waals surface area contributed by atoms with Crippen LogP contribution < -0.4 is 10.1 Å². The SMILES string of the molecule is O=C(NCC(CN1CC[C@H](O)C1)c1ccccc1)[C@@H]1CCc2ccccc2O1. The zero-order chi connectivity index (χ0) is 19.3. The largest absolute Gasteiger partial charge is 0.480 e. The zero-order valence-electron chi connectivity index (χ0n) is 16.1. The number of amides is 1. The number of carbonyl (C=O) groups excluding carboxylic acids is 1. The number of β-amino-alcohol motifs (C(OH)–C–C–N with tert-alkyl or cyclic N) is 1. The van der Waals surface area contributed by atoms with Crippen molar-refractivity contribution in [3.8, 4) is 5.75 Å². The van der Waals surface area contributed by atoms with Crippen molar-refractivity contribution in [2.45, 2.75) is 37.4 Å². The number of fused-ring (bicyclic) bond motifs is 1. The number of para-hydroxylation sites is 1. The third kappa shape index (κ3) is 4.54. The molecular weight excluding hydrogens is 352 g/mol. The van der Waals surface area contributed by atoms with E-state index in [0.717, 1.165) is 31.7 Å². The fraction of sp³-hybridized carbons (Fsp3) is 0.435. The average Bonchev–Trinajstić information content (AvgIpc) is 3.15. The molecule has 0 radical (unpaired) electrons. The van der Waals surface area contributed by atoms with E-state index in [0.29, 0.717) is 19.5 Å². The van der Waals surface area contributed by atoms with Gasteiger partial charge in [0, 0.05) is 32.1 Å². The van der Waals surface area contributed by atoms with Crippen LogP contribution in [0.1, 0.15) is 29.9 Å². The van der Waals surface area contributed by atoms with Gasteiger partial charge in [-0.05, 0) is 36.5 Å². The Morgan fingerprint density at radius 2 is 1.93 bits per heavy atom. The van der Waals surface area contributed by atoms with Crippen molar-refractivity contribution in [3.05, 3.63) is 65.7 Å². The summed E-state index contributed by atoms with van der Waals surface area (Å²) in [6.07, 6.45) is 1.73. The standard InChI is InChI=1S/C23H28N2O3/c26-20-12-13-25(16-20)15-19(17-6-2-1-3-7-17)14-24-23(27)22-11-10-18-8-4-5-9-21(18)28-22/h1-9,19-20,22,26H,10-16H2,(H,24,27)/t19?,20-,22-/m0/s1. The summed E-state index contributed by atoms with van der Waals surface area (Å²) in [5.74, 6) is 0.961. The molecule has 3 atom stereocenters. The Morgan fingerprint density at radius 3 is 2.71 bits per heavy atom. The highest BCUT2D eigenvalue weighted by molar-refractivity contribution is 5.81. The second kappa shape index (κ2) is 8.76. The molecule has 1 amide bonds. The summed E-state index contributed by atoms with van der Waals surface area (Å²) >= 11 is 0. The molecule has 5 heteroatoms. The molecule has 2 N–H and O–H groups in total. The van der Waals surface area contributed by atoms with E-state index in [1.165, 1.54) is 11.1 Å². The number of aliphatic hydroxyl groups excluding tert-OH is 1. The maximum absolute atomic E-state index is 12.7. The van der Waals surface area contributed by atoms with Gasteiger partial charge in [-0.2, -0.15) is 0 Å². The van der Waals surface area contributed by atoms with E-state index in [-0.39, 0.29) is 17.9 Å². The van der Waals surface area contributed by atoms with Gasteiger partial charge >= 0.3 is 0 Å². The Balaban J connectivity index is 1.37. The van der Waals surface area contributed by atoms with Crippen LogP contribution in [0.2, 0.25) is 0 Å². The smallest absolute Gasteiger partial charge is 0.261 e. The Labute approximate surface area is 166 Å². The van der Waals surface area contributed by atoms with Crippen LogP contribution in [0.3, 0.4) is 0 Å². The normalized spacial score (nSPS) is 22.9. The number of benzene rings is 2. The molecule has 28 heavy (non-hydrogen) atoms. The first-order valence-corrected chi connectivity index (χ1v) is 10.2. The number of carbonyl (C=O) groups is 1. The zero-order valence-corrected chi connectivity index (χ0v) is 16.1. The number of aliphatic hydroxyl groups is 1. The molecule has 4 rings (SSSR count). The molecule has 2 heterocycles. The minimum Gasteiger partial charge on any atom is -0.480 e. The summed E-state index contributed by atoms with van der Waals surface area (Å²) in [7, 11) is 0. The van der Waals surface area contributed by atoms with Crippen LogP contribution in [0.15, 0.2) is 54.6 Å². The lowest BCUT2D eigenvalue weighted by Crippen LogP contribution is -2.43.